The van der Waals surface area contributed by atoms with Crippen molar-refractivity contribution in [3.8, 4) is 5.75 Å². The first-order chi connectivity index (χ1) is 12.9. The number of aryl methyl sites for hydroxylation is 1. The van der Waals surface area contributed by atoms with Crippen LogP contribution in [0.1, 0.15) is 28.9 Å². The predicted octanol–water partition coefficient (Wildman–Crippen LogP) is 3.01. The van der Waals surface area contributed by atoms with Gasteiger partial charge in [-0.2, -0.15) is 0 Å². The highest BCUT2D eigenvalue weighted by molar-refractivity contribution is 9.10. The summed E-state index contributed by atoms with van der Waals surface area (Å²) >= 11 is 3.51. The van der Waals surface area contributed by atoms with Crippen molar-refractivity contribution in [3.63, 3.8) is 0 Å². The Morgan fingerprint density at radius 3 is 2.59 bits per heavy atom. The lowest BCUT2D eigenvalue weighted by atomic mass is 10.2. The molecule has 3 rings (SSSR count). The summed E-state index contributed by atoms with van der Waals surface area (Å²) in [5, 5.41) is 16.4. The number of nitrogens with zero attached hydrogens (tertiary/aromatic N) is 2. The van der Waals surface area contributed by atoms with Gasteiger partial charge in [0.15, 0.2) is 17.3 Å². The van der Waals surface area contributed by atoms with Crippen molar-refractivity contribution in [1.29, 1.82) is 0 Å². The van der Waals surface area contributed by atoms with Gasteiger partial charge in [0.25, 0.3) is 5.91 Å². The molecule has 0 saturated heterocycles. The number of nitrogens with one attached hydrogen (secondary N) is 3. The Labute approximate surface area is 165 Å². The van der Waals surface area contributed by atoms with Gasteiger partial charge in [-0.3, -0.25) is 9.59 Å². The van der Waals surface area contributed by atoms with Crippen LogP contribution < -0.4 is 20.7 Å². The molecule has 2 aromatic rings. The van der Waals surface area contributed by atoms with E-state index in [0.29, 0.717) is 17.1 Å². The number of anilines is 3. The Hall–Kier alpha value is -2.68. The molecule has 0 spiro atoms. The van der Waals surface area contributed by atoms with E-state index in [1.807, 2.05) is 19.1 Å². The van der Waals surface area contributed by atoms with Crippen LogP contribution in [0.4, 0.5) is 17.2 Å². The number of carbonyl (C=O) groups excluding carboxylic acids is 2. The van der Waals surface area contributed by atoms with Gasteiger partial charge in [0.05, 0.1) is 23.0 Å². The van der Waals surface area contributed by atoms with Crippen LogP contribution >= 0.6 is 15.9 Å². The van der Waals surface area contributed by atoms with Crippen LogP contribution in [0.3, 0.4) is 0 Å². The molecule has 1 saturated carbocycles. The monoisotopic (exact) mass is 433 g/mol. The molecule has 1 aliphatic rings. The fourth-order valence-corrected chi connectivity index (χ4v) is 3.01. The molecule has 0 bridgehead atoms. The van der Waals surface area contributed by atoms with Gasteiger partial charge in [0.1, 0.15) is 0 Å². The number of benzene rings is 1. The summed E-state index contributed by atoms with van der Waals surface area (Å²) in [7, 11) is 3.08. The fraction of sp³-hybridized carbons (Fsp3) is 0.333. The minimum atomic E-state index is -0.393. The second-order valence-corrected chi connectivity index (χ2v) is 7.03. The van der Waals surface area contributed by atoms with E-state index in [2.05, 4.69) is 42.1 Å². The number of hydrogen-bond donors (Lipinski definition) is 3. The number of halogens is 1. The highest BCUT2D eigenvalue weighted by Crippen LogP contribution is 2.38. The molecule has 27 heavy (non-hydrogen) atoms. The van der Waals surface area contributed by atoms with E-state index in [0.717, 1.165) is 22.9 Å². The molecule has 9 heteroatoms. The summed E-state index contributed by atoms with van der Waals surface area (Å²) < 4.78 is 6.28. The van der Waals surface area contributed by atoms with Crippen molar-refractivity contribution < 1.29 is 14.3 Å². The van der Waals surface area contributed by atoms with Gasteiger partial charge in [-0.05, 0) is 47.3 Å². The van der Waals surface area contributed by atoms with Crippen LogP contribution in [-0.4, -0.2) is 36.2 Å². The normalized spacial score (nSPS) is 13.0. The molecule has 1 fully saturated rings. The second kappa shape index (κ2) is 7.91. The molecule has 0 atom stereocenters. The summed E-state index contributed by atoms with van der Waals surface area (Å²) in [5.74, 6) is 0.439. The Kier molecular flexibility index (Phi) is 5.59. The van der Waals surface area contributed by atoms with Crippen LogP contribution in [0.2, 0.25) is 0 Å². The van der Waals surface area contributed by atoms with Gasteiger partial charge in [0, 0.05) is 19.0 Å². The molecule has 142 valence electrons. The smallest absolute Gasteiger partial charge is 0.273 e. The topological polar surface area (TPSA) is 105 Å². The molecule has 1 heterocycles. The van der Waals surface area contributed by atoms with E-state index in [1.165, 1.54) is 7.05 Å². The Morgan fingerprint density at radius 1 is 1.22 bits per heavy atom. The maximum Gasteiger partial charge on any atom is 0.273 e. The summed E-state index contributed by atoms with van der Waals surface area (Å²) in [6, 6.07) is 5.35. The van der Waals surface area contributed by atoms with E-state index < -0.39 is 5.91 Å². The summed E-state index contributed by atoms with van der Waals surface area (Å²) in [4.78, 5) is 24.2. The maximum absolute atomic E-state index is 12.2. The summed E-state index contributed by atoms with van der Waals surface area (Å²) in [6.45, 7) is 1.95. The third-order valence-corrected chi connectivity index (χ3v) is 5.18. The van der Waals surface area contributed by atoms with Crippen LogP contribution in [0.15, 0.2) is 22.7 Å². The number of rotatable bonds is 6. The van der Waals surface area contributed by atoms with Crippen LogP contribution in [0.5, 0.6) is 5.75 Å². The third-order valence-electron chi connectivity index (χ3n) is 4.20. The van der Waals surface area contributed by atoms with Crippen molar-refractivity contribution in [3.05, 3.63) is 33.9 Å². The van der Waals surface area contributed by atoms with E-state index in [9.17, 15) is 9.59 Å². The SMILES string of the molecule is CNC(=O)c1nnc(NC(=O)C2CC2)cc1Nc1ccc(C)c(Br)c1OC. The van der Waals surface area contributed by atoms with E-state index >= 15 is 0 Å². The molecule has 0 radical (unpaired) electrons. The zero-order chi connectivity index (χ0) is 19.6. The molecule has 8 nitrogen and oxygen atoms in total. The molecule has 1 aliphatic carbocycles. The molecule has 1 aromatic heterocycles. The minimum absolute atomic E-state index is 0.0370. The highest BCUT2D eigenvalue weighted by atomic mass is 79.9. The van der Waals surface area contributed by atoms with Gasteiger partial charge in [-0.25, -0.2) is 0 Å². The summed E-state index contributed by atoms with van der Waals surface area (Å²) in [5.41, 5.74) is 2.17. The Balaban J connectivity index is 1.97. The van der Waals surface area contributed by atoms with Gasteiger partial charge < -0.3 is 20.7 Å². The molecular formula is C18H20BrN5O3. The van der Waals surface area contributed by atoms with E-state index in [1.54, 1.807) is 13.2 Å². The number of ether oxygens (including phenoxy) is 1. The second-order valence-electron chi connectivity index (χ2n) is 6.24. The zero-order valence-corrected chi connectivity index (χ0v) is 16.8. The summed E-state index contributed by atoms with van der Waals surface area (Å²) in [6.07, 6.45) is 1.77. The van der Waals surface area contributed by atoms with E-state index in [4.69, 9.17) is 4.74 Å². The predicted molar refractivity (Wildman–Crippen MR) is 105 cm³/mol. The number of carbonyl (C=O) groups is 2. The van der Waals surface area contributed by atoms with Crippen LogP contribution in [0.25, 0.3) is 0 Å². The van der Waals surface area contributed by atoms with Crippen LogP contribution in [0, 0.1) is 12.8 Å². The minimum Gasteiger partial charge on any atom is -0.493 e. The first-order valence-electron chi connectivity index (χ1n) is 8.45. The lowest BCUT2D eigenvalue weighted by Gasteiger charge is -2.16. The third kappa shape index (κ3) is 4.19. The maximum atomic E-state index is 12.2. The Bertz CT molecular complexity index is 899. The van der Waals surface area contributed by atoms with Crippen LogP contribution in [-0.2, 0) is 4.79 Å². The largest absolute Gasteiger partial charge is 0.493 e. The Morgan fingerprint density at radius 2 is 1.96 bits per heavy atom. The first kappa shape index (κ1) is 19.1. The van der Waals surface area contributed by atoms with Gasteiger partial charge in [0.2, 0.25) is 5.91 Å². The lowest BCUT2D eigenvalue weighted by Crippen LogP contribution is -2.22. The highest BCUT2D eigenvalue weighted by Gasteiger charge is 2.30. The fourth-order valence-electron chi connectivity index (χ4n) is 2.51. The van der Waals surface area contributed by atoms with E-state index in [-0.39, 0.29) is 23.3 Å². The van der Waals surface area contributed by atoms with Crippen molar-refractivity contribution in [2.45, 2.75) is 19.8 Å². The van der Waals surface area contributed by atoms with Crippen molar-refractivity contribution in [1.82, 2.24) is 15.5 Å². The van der Waals surface area contributed by atoms with Gasteiger partial charge >= 0.3 is 0 Å². The van der Waals surface area contributed by atoms with Crippen molar-refractivity contribution in [2.75, 3.05) is 24.8 Å². The molecular weight excluding hydrogens is 414 g/mol. The number of amides is 2. The number of aromatic nitrogens is 2. The number of methoxy groups -OCH3 is 1. The van der Waals surface area contributed by atoms with Crippen molar-refractivity contribution in [2.24, 2.45) is 5.92 Å². The zero-order valence-electron chi connectivity index (χ0n) is 15.2. The lowest BCUT2D eigenvalue weighted by molar-refractivity contribution is -0.117. The average Bonchev–Trinajstić information content (AvgIpc) is 3.50. The van der Waals surface area contributed by atoms with Gasteiger partial charge in [-0.15, -0.1) is 10.2 Å². The molecule has 2 amide bonds. The quantitative estimate of drug-likeness (QED) is 0.646. The van der Waals surface area contributed by atoms with Crippen molar-refractivity contribution >= 4 is 44.9 Å². The number of hydrogen-bond acceptors (Lipinski definition) is 6. The average molecular weight is 434 g/mol. The van der Waals surface area contributed by atoms with Gasteiger partial charge in [-0.1, -0.05) is 6.07 Å². The standard InChI is InChI=1S/C18H20BrN5O3/c1-9-4-7-11(16(27-3)14(9)19)21-12-8-13(22-17(25)10-5-6-10)23-24-15(12)18(26)20-2/h4,7-8,10H,5-6H2,1-3H3,(H,20,26)(H2,21,22,23,25). The molecule has 1 aromatic carbocycles. The molecule has 3 N–H and O–H groups in total. The first-order valence-corrected chi connectivity index (χ1v) is 9.24. The molecule has 0 aliphatic heterocycles. The molecule has 0 unspecified atom stereocenters.